The van der Waals surface area contributed by atoms with Gasteiger partial charge in [-0.15, -0.1) is 0 Å². The minimum absolute atomic E-state index is 0.622. The van der Waals surface area contributed by atoms with Gasteiger partial charge in [0.15, 0.2) is 5.11 Å². The molecule has 116 valence electrons. The van der Waals surface area contributed by atoms with Crippen LogP contribution in [0.4, 0.5) is 5.69 Å². The van der Waals surface area contributed by atoms with E-state index in [-0.39, 0.29) is 0 Å². The van der Waals surface area contributed by atoms with E-state index in [9.17, 15) is 0 Å². The van der Waals surface area contributed by atoms with Gasteiger partial charge < -0.3 is 20.3 Å². The number of anilines is 1. The summed E-state index contributed by atoms with van der Waals surface area (Å²) in [5.74, 6) is 0. The number of aryl methyl sites for hydroxylation is 2. The highest BCUT2D eigenvalue weighted by Gasteiger charge is 2.13. The number of quaternary nitrogens is 1. The van der Waals surface area contributed by atoms with Gasteiger partial charge in [0.25, 0.3) is 0 Å². The summed E-state index contributed by atoms with van der Waals surface area (Å²) in [6.45, 7) is 9.82. The highest BCUT2D eigenvalue weighted by atomic mass is 35.5. The summed E-state index contributed by atoms with van der Waals surface area (Å²) in [5.41, 5.74) is 3.14. The Morgan fingerprint density at radius 1 is 1.33 bits per heavy atom. The minimum atomic E-state index is 0.622. The van der Waals surface area contributed by atoms with Crippen LogP contribution in [-0.2, 0) is 4.74 Å². The molecule has 1 heterocycles. The third kappa shape index (κ3) is 5.11. The van der Waals surface area contributed by atoms with Crippen molar-refractivity contribution in [3.05, 3.63) is 28.3 Å². The third-order valence-corrected chi connectivity index (χ3v) is 4.18. The molecule has 0 unspecified atom stereocenters. The number of ether oxygens (including phenoxy) is 1. The van der Waals surface area contributed by atoms with Gasteiger partial charge in [-0.05, 0) is 43.3 Å². The predicted octanol–water partition coefficient (Wildman–Crippen LogP) is 1.16. The van der Waals surface area contributed by atoms with Gasteiger partial charge in [-0.3, -0.25) is 0 Å². The summed E-state index contributed by atoms with van der Waals surface area (Å²) in [5, 5.41) is 7.77. The lowest BCUT2D eigenvalue weighted by Crippen LogP contribution is -3.14. The van der Waals surface area contributed by atoms with E-state index in [1.165, 1.54) is 0 Å². The molecule has 4 nitrogen and oxygen atoms in total. The fourth-order valence-corrected chi connectivity index (χ4v) is 3.07. The van der Waals surface area contributed by atoms with Gasteiger partial charge in [0.1, 0.15) is 13.1 Å². The van der Waals surface area contributed by atoms with Gasteiger partial charge in [0.2, 0.25) is 0 Å². The van der Waals surface area contributed by atoms with Crippen molar-refractivity contribution in [1.82, 2.24) is 5.32 Å². The Labute approximate surface area is 136 Å². The van der Waals surface area contributed by atoms with Crippen LogP contribution in [-0.4, -0.2) is 44.5 Å². The van der Waals surface area contributed by atoms with Gasteiger partial charge in [-0.2, -0.15) is 0 Å². The van der Waals surface area contributed by atoms with Crippen molar-refractivity contribution in [3.8, 4) is 0 Å². The highest BCUT2D eigenvalue weighted by Crippen LogP contribution is 2.27. The van der Waals surface area contributed by atoms with E-state index in [0.29, 0.717) is 10.1 Å². The van der Waals surface area contributed by atoms with E-state index < -0.39 is 0 Å². The second-order valence-corrected chi connectivity index (χ2v) is 6.25. The zero-order valence-electron chi connectivity index (χ0n) is 12.6. The first-order valence-electron chi connectivity index (χ1n) is 7.29. The van der Waals surface area contributed by atoms with E-state index in [2.05, 4.69) is 16.7 Å². The summed E-state index contributed by atoms with van der Waals surface area (Å²) in [6, 6.07) is 4.03. The number of nitrogens with one attached hydrogen (secondary N) is 3. The van der Waals surface area contributed by atoms with Gasteiger partial charge in [0, 0.05) is 0 Å². The fraction of sp³-hybridized carbons (Fsp3) is 0.533. The molecule has 3 N–H and O–H groups in total. The Kier molecular flexibility index (Phi) is 6.23. The van der Waals surface area contributed by atoms with E-state index >= 15 is 0 Å². The van der Waals surface area contributed by atoms with Crippen molar-refractivity contribution in [3.63, 3.8) is 0 Å². The second-order valence-electron chi connectivity index (χ2n) is 5.43. The van der Waals surface area contributed by atoms with Crippen molar-refractivity contribution in [2.75, 3.05) is 44.7 Å². The van der Waals surface area contributed by atoms with E-state index in [1.54, 1.807) is 4.90 Å². The smallest absolute Gasteiger partial charge is 0.171 e. The summed E-state index contributed by atoms with van der Waals surface area (Å²) in [6.07, 6.45) is 0. The predicted molar refractivity (Wildman–Crippen MR) is 91.5 cm³/mol. The molecule has 1 aliphatic heterocycles. The quantitative estimate of drug-likeness (QED) is 0.725. The van der Waals surface area contributed by atoms with Gasteiger partial charge in [0.05, 0.1) is 37.0 Å². The summed E-state index contributed by atoms with van der Waals surface area (Å²) in [7, 11) is 0. The number of hydrogen-bond acceptors (Lipinski definition) is 2. The number of rotatable bonds is 4. The molecule has 0 atom stereocenters. The molecule has 6 heteroatoms. The number of halogens is 1. The van der Waals surface area contributed by atoms with Gasteiger partial charge >= 0.3 is 0 Å². The van der Waals surface area contributed by atoms with Crippen LogP contribution in [0.3, 0.4) is 0 Å². The zero-order valence-corrected chi connectivity index (χ0v) is 14.2. The number of benzene rings is 1. The maximum atomic E-state index is 6.27. The Morgan fingerprint density at radius 2 is 2.05 bits per heavy atom. The molecular formula is C15H23ClN3OS+. The summed E-state index contributed by atoms with van der Waals surface area (Å²) < 4.78 is 5.35. The molecule has 0 saturated carbocycles. The van der Waals surface area contributed by atoms with Crippen LogP contribution in [0.15, 0.2) is 12.1 Å². The molecule has 0 radical (unpaired) electrons. The summed E-state index contributed by atoms with van der Waals surface area (Å²) >= 11 is 11.6. The topological polar surface area (TPSA) is 37.7 Å². The lowest BCUT2D eigenvalue weighted by Gasteiger charge is -2.24. The Bertz CT molecular complexity index is 481. The molecule has 21 heavy (non-hydrogen) atoms. The Hall–Kier alpha value is -0.880. The largest absolute Gasteiger partial charge is 0.370 e. The van der Waals surface area contributed by atoms with Crippen LogP contribution in [0.5, 0.6) is 0 Å². The minimum Gasteiger partial charge on any atom is -0.370 e. The number of hydrogen-bond donors (Lipinski definition) is 3. The molecule has 1 saturated heterocycles. The van der Waals surface area contributed by atoms with E-state index in [1.807, 2.05) is 19.9 Å². The Morgan fingerprint density at radius 3 is 2.71 bits per heavy atom. The average molecular weight is 329 g/mol. The molecule has 0 aliphatic carbocycles. The van der Waals surface area contributed by atoms with Crippen LogP contribution in [0.1, 0.15) is 11.1 Å². The van der Waals surface area contributed by atoms with Crippen LogP contribution in [0.25, 0.3) is 0 Å². The lowest BCUT2D eigenvalue weighted by molar-refractivity contribution is -0.906. The first-order valence-corrected chi connectivity index (χ1v) is 8.08. The van der Waals surface area contributed by atoms with Gasteiger partial charge in [-0.25, -0.2) is 0 Å². The molecule has 0 amide bonds. The standard InChI is InChI=1S/C15H22ClN3OS/c1-11-9-12(2)14(13(16)10-11)18-15(21)17-3-4-19-5-7-20-8-6-19/h9-10H,3-8H2,1-2H3,(H2,17,18,21)/p+1. The SMILES string of the molecule is Cc1cc(C)c(NC(=S)NCC[NH+]2CCOCC2)c(Cl)c1. The van der Waals surface area contributed by atoms with Crippen molar-refractivity contribution >= 4 is 34.6 Å². The molecule has 0 aromatic heterocycles. The number of morpholine rings is 1. The fourth-order valence-electron chi connectivity index (χ4n) is 2.49. The van der Waals surface area contributed by atoms with Crippen LogP contribution >= 0.6 is 23.8 Å². The molecule has 1 aliphatic rings. The highest BCUT2D eigenvalue weighted by molar-refractivity contribution is 7.80. The van der Waals surface area contributed by atoms with Crippen LogP contribution < -0.4 is 15.5 Å². The maximum absolute atomic E-state index is 6.27. The third-order valence-electron chi connectivity index (χ3n) is 3.63. The maximum Gasteiger partial charge on any atom is 0.171 e. The first kappa shape index (κ1) is 16.5. The molecule has 1 fully saturated rings. The van der Waals surface area contributed by atoms with Crippen molar-refractivity contribution in [2.24, 2.45) is 0 Å². The van der Waals surface area contributed by atoms with Crippen molar-refractivity contribution in [1.29, 1.82) is 0 Å². The zero-order chi connectivity index (χ0) is 15.2. The number of thiocarbonyl (C=S) groups is 1. The summed E-state index contributed by atoms with van der Waals surface area (Å²) in [4.78, 5) is 1.56. The first-order chi connectivity index (χ1) is 10.1. The van der Waals surface area contributed by atoms with Crippen molar-refractivity contribution < 1.29 is 9.64 Å². The molecule has 2 rings (SSSR count). The molecule has 1 aromatic rings. The molecule has 0 spiro atoms. The average Bonchev–Trinajstić information content (AvgIpc) is 2.44. The van der Waals surface area contributed by atoms with Crippen LogP contribution in [0, 0.1) is 13.8 Å². The normalized spacial score (nSPS) is 15.8. The van der Waals surface area contributed by atoms with Crippen LogP contribution in [0.2, 0.25) is 5.02 Å². The van der Waals surface area contributed by atoms with E-state index in [0.717, 1.165) is 56.2 Å². The van der Waals surface area contributed by atoms with Crippen molar-refractivity contribution in [2.45, 2.75) is 13.8 Å². The molecule has 1 aromatic carbocycles. The monoisotopic (exact) mass is 328 g/mol. The lowest BCUT2D eigenvalue weighted by atomic mass is 10.1. The van der Waals surface area contributed by atoms with E-state index in [4.69, 9.17) is 28.6 Å². The molecular weight excluding hydrogens is 306 g/mol. The Balaban J connectivity index is 1.79. The van der Waals surface area contributed by atoms with Gasteiger partial charge in [-0.1, -0.05) is 17.7 Å². The molecule has 0 bridgehead atoms. The second kappa shape index (κ2) is 7.94.